The third-order valence-electron chi connectivity index (χ3n) is 12.6. The zero-order chi connectivity index (χ0) is 40.8. The standard InChI is InChI=1S/C59H42N2/c60-58(54-30-16-21-41-19-10-12-26-46(41)54)61-56(38-31-40-17-4-1-5-18-40)52-37-36-47(49-28-14-15-29-50(49)52)43-33-34-51-53-35-32-42-20-11-13-27-48(42)57(53)59(55(51)39-43,44-22-6-2-7-23-44)45-24-8-3-9-25-45/h1-30,32-39H,31H2,(H2,60,61)/b56-38-. The van der Waals surface area contributed by atoms with Crippen molar-refractivity contribution < 1.29 is 0 Å². The van der Waals surface area contributed by atoms with Crippen molar-refractivity contribution in [3.63, 3.8) is 0 Å². The summed E-state index contributed by atoms with van der Waals surface area (Å²) in [6, 6.07) is 81.2. The van der Waals surface area contributed by atoms with E-state index in [1.165, 1.54) is 60.8 Å². The number of nitrogens with zero attached hydrogens (tertiary/aromatic N) is 1. The Labute approximate surface area is 356 Å². The minimum absolute atomic E-state index is 0.494. The van der Waals surface area contributed by atoms with E-state index in [2.05, 4.69) is 231 Å². The molecule has 0 fully saturated rings. The maximum absolute atomic E-state index is 6.99. The predicted octanol–water partition coefficient (Wildman–Crippen LogP) is 14.2. The molecule has 0 saturated heterocycles. The van der Waals surface area contributed by atoms with E-state index in [0.29, 0.717) is 5.84 Å². The Hall–Kier alpha value is -7.81. The lowest BCUT2D eigenvalue weighted by Crippen LogP contribution is -2.28. The van der Waals surface area contributed by atoms with Gasteiger partial charge in [-0.15, -0.1) is 0 Å². The van der Waals surface area contributed by atoms with Gasteiger partial charge in [0.2, 0.25) is 0 Å². The van der Waals surface area contributed by atoms with Gasteiger partial charge in [-0.25, -0.2) is 4.99 Å². The molecule has 11 rings (SSSR count). The molecule has 10 aromatic carbocycles. The van der Waals surface area contributed by atoms with E-state index >= 15 is 0 Å². The largest absolute Gasteiger partial charge is 0.383 e. The van der Waals surface area contributed by atoms with Gasteiger partial charge in [0.05, 0.1) is 11.1 Å². The van der Waals surface area contributed by atoms with Crippen LogP contribution in [0.15, 0.2) is 236 Å². The lowest BCUT2D eigenvalue weighted by Gasteiger charge is -2.35. The second-order valence-corrected chi connectivity index (χ2v) is 16.0. The number of benzene rings is 10. The molecule has 1 aliphatic carbocycles. The summed E-state index contributed by atoms with van der Waals surface area (Å²) in [4.78, 5) is 5.27. The lowest BCUT2D eigenvalue weighted by molar-refractivity contribution is 0.776. The maximum Gasteiger partial charge on any atom is 0.131 e. The number of allylic oxidation sites excluding steroid dienone is 1. The molecular formula is C59H42N2. The highest BCUT2D eigenvalue weighted by Crippen LogP contribution is 2.58. The highest BCUT2D eigenvalue weighted by molar-refractivity contribution is 6.12. The molecule has 2 N–H and O–H groups in total. The molecule has 1 aliphatic rings. The van der Waals surface area contributed by atoms with Crippen molar-refractivity contribution in [2.45, 2.75) is 11.8 Å². The van der Waals surface area contributed by atoms with Gasteiger partial charge in [-0.05, 0) is 94.9 Å². The fourth-order valence-electron chi connectivity index (χ4n) is 9.89. The first-order chi connectivity index (χ1) is 30.2. The van der Waals surface area contributed by atoms with Crippen LogP contribution in [0.4, 0.5) is 0 Å². The molecule has 288 valence electrons. The van der Waals surface area contributed by atoms with Gasteiger partial charge in [0, 0.05) is 11.1 Å². The van der Waals surface area contributed by atoms with Gasteiger partial charge in [-0.1, -0.05) is 224 Å². The van der Waals surface area contributed by atoms with Crippen molar-refractivity contribution in [3.8, 4) is 22.3 Å². The zero-order valence-electron chi connectivity index (χ0n) is 33.7. The third kappa shape index (κ3) is 6.07. The van der Waals surface area contributed by atoms with Crippen molar-refractivity contribution >= 4 is 43.9 Å². The van der Waals surface area contributed by atoms with E-state index in [4.69, 9.17) is 10.7 Å². The first kappa shape index (κ1) is 36.3. The lowest BCUT2D eigenvalue weighted by atomic mass is 9.66. The van der Waals surface area contributed by atoms with E-state index in [9.17, 15) is 0 Å². The van der Waals surface area contributed by atoms with Crippen molar-refractivity contribution in [1.82, 2.24) is 0 Å². The van der Waals surface area contributed by atoms with Gasteiger partial charge in [-0.2, -0.15) is 0 Å². The number of hydrogen-bond donors (Lipinski definition) is 1. The van der Waals surface area contributed by atoms with E-state index in [1.807, 2.05) is 0 Å². The number of amidine groups is 1. The first-order valence-electron chi connectivity index (χ1n) is 21.1. The SMILES string of the molecule is NC(=N/C(=C\Cc1ccccc1)c1ccc(-c2ccc3c(c2)C(c2ccccc2)(c2ccccc2)c2c-3ccc3ccccc23)c2ccccc12)c1cccc2ccccc12. The number of fused-ring (bicyclic) bond motifs is 7. The Morgan fingerprint density at radius 3 is 1.72 bits per heavy atom. The summed E-state index contributed by atoms with van der Waals surface area (Å²) in [5.74, 6) is 0.494. The molecule has 0 atom stereocenters. The smallest absolute Gasteiger partial charge is 0.131 e. The summed E-state index contributed by atoms with van der Waals surface area (Å²) in [5.41, 5.74) is 20.5. The summed E-state index contributed by atoms with van der Waals surface area (Å²) >= 11 is 0. The topological polar surface area (TPSA) is 38.4 Å². The average Bonchev–Trinajstić information content (AvgIpc) is 3.64. The fraction of sp³-hybridized carbons (Fsp3) is 0.0339. The fourth-order valence-corrected chi connectivity index (χ4v) is 9.89. The second kappa shape index (κ2) is 15.1. The van der Waals surface area contributed by atoms with Crippen LogP contribution in [0.5, 0.6) is 0 Å². The van der Waals surface area contributed by atoms with Gasteiger partial charge in [0.15, 0.2) is 0 Å². The Kier molecular flexibility index (Phi) is 8.98. The molecular weight excluding hydrogens is 737 g/mol. The zero-order valence-corrected chi connectivity index (χ0v) is 33.7. The Morgan fingerprint density at radius 2 is 1.00 bits per heavy atom. The normalized spacial score (nSPS) is 13.4. The summed E-state index contributed by atoms with van der Waals surface area (Å²) < 4.78 is 0. The minimum atomic E-state index is -0.541. The van der Waals surface area contributed by atoms with Crippen LogP contribution in [0, 0.1) is 0 Å². The van der Waals surface area contributed by atoms with Crippen LogP contribution in [0.2, 0.25) is 0 Å². The molecule has 0 spiro atoms. The highest BCUT2D eigenvalue weighted by atomic mass is 14.9. The summed E-state index contributed by atoms with van der Waals surface area (Å²) in [5, 5.41) is 7.03. The minimum Gasteiger partial charge on any atom is -0.383 e. The Bertz CT molecular complexity index is 3280. The molecule has 0 unspecified atom stereocenters. The molecule has 61 heavy (non-hydrogen) atoms. The van der Waals surface area contributed by atoms with E-state index < -0.39 is 5.41 Å². The van der Waals surface area contributed by atoms with Crippen LogP contribution >= 0.6 is 0 Å². The molecule has 0 aliphatic heterocycles. The number of hydrogen-bond acceptors (Lipinski definition) is 1. The Balaban J connectivity index is 1.12. The molecule has 2 nitrogen and oxygen atoms in total. The second-order valence-electron chi connectivity index (χ2n) is 16.0. The molecule has 10 aromatic rings. The van der Waals surface area contributed by atoms with Crippen LogP contribution < -0.4 is 5.73 Å². The van der Waals surface area contributed by atoms with Gasteiger partial charge < -0.3 is 5.73 Å². The molecule has 0 heterocycles. The van der Waals surface area contributed by atoms with Crippen molar-refractivity contribution in [2.75, 3.05) is 0 Å². The number of aliphatic imine (C=N–C) groups is 1. The molecule has 0 radical (unpaired) electrons. The van der Waals surface area contributed by atoms with E-state index in [-0.39, 0.29) is 0 Å². The van der Waals surface area contributed by atoms with E-state index in [1.54, 1.807) is 0 Å². The molecule has 0 saturated carbocycles. The molecule has 0 amide bonds. The molecule has 0 bridgehead atoms. The van der Waals surface area contributed by atoms with Crippen molar-refractivity contribution in [3.05, 3.63) is 269 Å². The summed E-state index contributed by atoms with van der Waals surface area (Å²) in [6.45, 7) is 0. The van der Waals surface area contributed by atoms with Gasteiger partial charge in [-0.3, -0.25) is 0 Å². The quantitative estimate of drug-likeness (QED) is 0.121. The van der Waals surface area contributed by atoms with Crippen molar-refractivity contribution in [1.29, 1.82) is 0 Å². The van der Waals surface area contributed by atoms with Gasteiger partial charge in [0.25, 0.3) is 0 Å². The molecule has 0 aromatic heterocycles. The summed E-state index contributed by atoms with van der Waals surface area (Å²) in [6.07, 6.45) is 2.94. The van der Waals surface area contributed by atoms with Gasteiger partial charge in [0.1, 0.15) is 5.84 Å². The maximum atomic E-state index is 6.99. The van der Waals surface area contributed by atoms with E-state index in [0.717, 1.165) is 44.8 Å². The third-order valence-corrected chi connectivity index (χ3v) is 12.6. The highest BCUT2D eigenvalue weighted by Gasteiger charge is 2.47. The number of rotatable bonds is 8. The predicted molar refractivity (Wildman–Crippen MR) is 257 cm³/mol. The van der Waals surface area contributed by atoms with Crippen LogP contribution in [0.1, 0.15) is 38.9 Å². The van der Waals surface area contributed by atoms with Crippen LogP contribution in [0.3, 0.4) is 0 Å². The molecule has 2 heteroatoms. The first-order valence-corrected chi connectivity index (χ1v) is 21.1. The van der Waals surface area contributed by atoms with Crippen molar-refractivity contribution in [2.24, 2.45) is 10.7 Å². The summed E-state index contributed by atoms with van der Waals surface area (Å²) in [7, 11) is 0. The van der Waals surface area contributed by atoms with Crippen LogP contribution in [-0.4, -0.2) is 5.84 Å². The monoisotopic (exact) mass is 778 g/mol. The average molecular weight is 779 g/mol. The van der Waals surface area contributed by atoms with Gasteiger partial charge >= 0.3 is 0 Å². The van der Waals surface area contributed by atoms with Crippen LogP contribution in [0.25, 0.3) is 60.3 Å². The Morgan fingerprint density at radius 1 is 0.443 bits per heavy atom. The van der Waals surface area contributed by atoms with Crippen LogP contribution in [-0.2, 0) is 11.8 Å². The number of nitrogens with two attached hydrogens (primary N) is 1.